The van der Waals surface area contributed by atoms with Gasteiger partial charge in [-0.05, 0) is 38.0 Å². The first-order valence-corrected chi connectivity index (χ1v) is 8.76. The molecule has 0 atom stereocenters. The fourth-order valence-electron chi connectivity index (χ4n) is 2.32. The van der Waals surface area contributed by atoms with Crippen LogP contribution in [0.25, 0.3) is 0 Å². The Morgan fingerprint density at radius 2 is 1.69 bits per heavy atom. The number of nitrogens with zero attached hydrogens (tertiary/aromatic N) is 4. The number of rotatable bonds is 6. The third kappa shape index (κ3) is 4.80. The van der Waals surface area contributed by atoms with Gasteiger partial charge in [0.1, 0.15) is 22.4 Å². The van der Waals surface area contributed by atoms with Crippen LogP contribution in [0.1, 0.15) is 17.1 Å². The van der Waals surface area contributed by atoms with Gasteiger partial charge in [-0.3, -0.25) is 0 Å². The Morgan fingerprint density at radius 1 is 1.00 bits per heavy atom. The van der Waals surface area contributed by atoms with Crippen molar-refractivity contribution in [2.75, 3.05) is 11.9 Å². The van der Waals surface area contributed by atoms with Crippen LogP contribution in [0.4, 0.5) is 5.82 Å². The minimum Gasteiger partial charge on any atom is -0.424 e. The molecule has 0 aliphatic rings. The Labute approximate surface area is 161 Å². The Morgan fingerprint density at radius 3 is 2.38 bits per heavy atom. The van der Waals surface area contributed by atoms with E-state index in [4.69, 9.17) is 27.9 Å². The van der Waals surface area contributed by atoms with Crippen molar-refractivity contribution >= 4 is 29.0 Å². The lowest BCUT2D eigenvalue weighted by Gasteiger charge is -2.10. The van der Waals surface area contributed by atoms with Crippen molar-refractivity contribution in [3.8, 4) is 11.8 Å². The summed E-state index contributed by atoms with van der Waals surface area (Å²) in [5.74, 6) is 2.02. The molecule has 0 unspecified atom stereocenters. The monoisotopic (exact) mass is 389 g/mol. The van der Waals surface area contributed by atoms with Crippen LogP contribution < -0.4 is 10.1 Å². The summed E-state index contributed by atoms with van der Waals surface area (Å²) >= 11 is 12.0. The topological polar surface area (TPSA) is 72.8 Å². The maximum absolute atomic E-state index is 6.23. The Kier molecular flexibility index (Phi) is 5.85. The quantitative estimate of drug-likeness (QED) is 0.661. The number of ether oxygens (including phenoxy) is 1. The zero-order valence-electron chi connectivity index (χ0n) is 14.3. The van der Waals surface area contributed by atoms with Crippen molar-refractivity contribution in [1.29, 1.82) is 0 Å². The highest BCUT2D eigenvalue weighted by atomic mass is 35.5. The van der Waals surface area contributed by atoms with Crippen molar-refractivity contribution in [2.24, 2.45) is 0 Å². The zero-order chi connectivity index (χ0) is 18.5. The number of anilines is 1. The summed E-state index contributed by atoms with van der Waals surface area (Å²) in [4.78, 5) is 16.6. The summed E-state index contributed by atoms with van der Waals surface area (Å²) in [5, 5.41) is 4.28. The highest BCUT2D eigenvalue weighted by molar-refractivity contribution is 6.33. The van der Waals surface area contributed by atoms with Gasteiger partial charge in [-0.25, -0.2) is 19.9 Å². The summed E-state index contributed by atoms with van der Waals surface area (Å²) in [6.45, 7) is 4.42. The van der Waals surface area contributed by atoms with E-state index in [1.165, 1.54) is 12.4 Å². The number of aryl methyl sites for hydroxylation is 2. The van der Waals surface area contributed by atoms with Gasteiger partial charge >= 0.3 is 6.01 Å². The lowest BCUT2D eigenvalue weighted by atomic mass is 10.1. The van der Waals surface area contributed by atoms with E-state index in [2.05, 4.69) is 25.3 Å². The minimum absolute atomic E-state index is 0.257. The highest BCUT2D eigenvalue weighted by Gasteiger charge is 2.07. The molecule has 0 saturated carbocycles. The number of nitrogens with one attached hydrogen (secondary N) is 1. The summed E-state index contributed by atoms with van der Waals surface area (Å²) in [5.41, 5.74) is 1.92. The van der Waals surface area contributed by atoms with Crippen LogP contribution in [-0.2, 0) is 6.42 Å². The van der Waals surface area contributed by atoms with Crippen LogP contribution in [0.2, 0.25) is 10.0 Å². The third-order valence-electron chi connectivity index (χ3n) is 3.56. The predicted molar refractivity (Wildman–Crippen MR) is 102 cm³/mol. The predicted octanol–water partition coefficient (Wildman–Crippen LogP) is 4.64. The van der Waals surface area contributed by atoms with E-state index in [-0.39, 0.29) is 6.01 Å². The van der Waals surface area contributed by atoms with Gasteiger partial charge in [-0.1, -0.05) is 35.3 Å². The van der Waals surface area contributed by atoms with Crippen molar-refractivity contribution in [2.45, 2.75) is 20.3 Å². The summed E-state index contributed by atoms with van der Waals surface area (Å²) in [6, 6.07) is 7.99. The first-order valence-electron chi connectivity index (χ1n) is 8.00. The van der Waals surface area contributed by atoms with Crippen molar-refractivity contribution in [3.63, 3.8) is 0 Å². The molecule has 0 aliphatic carbocycles. The molecule has 0 spiro atoms. The summed E-state index contributed by atoms with van der Waals surface area (Å²) in [7, 11) is 0. The molecule has 0 aliphatic heterocycles. The van der Waals surface area contributed by atoms with Gasteiger partial charge in [0.05, 0.1) is 23.1 Å². The normalized spacial score (nSPS) is 10.6. The molecule has 3 aromatic rings. The second-order valence-corrected chi connectivity index (χ2v) is 6.44. The molecule has 0 radical (unpaired) electrons. The van der Waals surface area contributed by atoms with E-state index >= 15 is 0 Å². The maximum atomic E-state index is 6.23. The fraction of sp³-hybridized carbons (Fsp3) is 0.222. The van der Waals surface area contributed by atoms with Gasteiger partial charge < -0.3 is 10.1 Å². The van der Waals surface area contributed by atoms with Gasteiger partial charge in [0.25, 0.3) is 0 Å². The Bertz CT molecular complexity index is 885. The molecule has 0 bridgehead atoms. The maximum Gasteiger partial charge on any atom is 0.321 e. The molecular formula is C18H17Cl2N5O. The highest BCUT2D eigenvalue weighted by Crippen LogP contribution is 2.22. The van der Waals surface area contributed by atoms with E-state index < -0.39 is 0 Å². The molecule has 134 valence electrons. The SMILES string of the molecule is Cc1nc(C)c(Cl)c(NCCc2ccc(Oc3ncc(Cl)cn3)cc2)n1. The van der Waals surface area contributed by atoms with Gasteiger partial charge in [0, 0.05) is 6.54 Å². The molecule has 1 aromatic carbocycles. The van der Waals surface area contributed by atoms with E-state index in [1.807, 2.05) is 38.1 Å². The molecule has 3 rings (SSSR count). The van der Waals surface area contributed by atoms with E-state index in [0.717, 1.165) is 17.7 Å². The first kappa shape index (κ1) is 18.4. The standard InChI is InChI=1S/C18H17Cl2N5O/c1-11-16(20)17(25-12(2)24-11)21-8-7-13-3-5-15(6-4-13)26-18-22-9-14(19)10-23-18/h3-6,9-10H,7-8H2,1-2H3,(H,21,24,25). The molecule has 26 heavy (non-hydrogen) atoms. The lowest BCUT2D eigenvalue weighted by molar-refractivity contribution is 0.441. The molecule has 0 saturated heterocycles. The van der Waals surface area contributed by atoms with Crippen LogP contribution in [0.3, 0.4) is 0 Å². The Hall–Kier alpha value is -2.44. The van der Waals surface area contributed by atoms with Crippen molar-refractivity contribution < 1.29 is 4.74 Å². The molecule has 1 N–H and O–H groups in total. The van der Waals surface area contributed by atoms with Crippen LogP contribution >= 0.6 is 23.2 Å². The smallest absolute Gasteiger partial charge is 0.321 e. The largest absolute Gasteiger partial charge is 0.424 e. The Balaban J connectivity index is 1.55. The van der Waals surface area contributed by atoms with Crippen molar-refractivity contribution in [1.82, 2.24) is 19.9 Å². The third-order valence-corrected chi connectivity index (χ3v) is 4.21. The van der Waals surface area contributed by atoms with Gasteiger partial charge in [0.2, 0.25) is 0 Å². The minimum atomic E-state index is 0.257. The first-order chi connectivity index (χ1) is 12.5. The van der Waals surface area contributed by atoms with Crippen LogP contribution in [-0.4, -0.2) is 26.5 Å². The second-order valence-electron chi connectivity index (χ2n) is 5.63. The molecule has 2 heterocycles. The van der Waals surface area contributed by atoms with Crippen LogP contribution in [0, 0.1) is 13.8 Å². The number of hydrogen-bond donors (Lipinski definition) is 1. The van der Waals surface area contributed by atoms with Gasteiger partial charge in [0.15, 0.2) is 0 Å². The van der Waals surface area contributed by atoms with Crippen molar-refractivity contribution in [3.05, 3.63) is 63.8 Å². The van der Waals surface area contributed by atoms with E-state index in [1.54, 1.807) is 0 Å². The number of halogens is 2. The average Bonchev–Trinajstić information content (AvgIpc) is 2.62. The van der Waals surface area contributed by atoms with Crippen LogP contribution in [0.15, 0.2) is 36.7 Å². The molecular weight excluding hydrogens is 373 g/mol. The van der Waals surface area contributed by atoms with Crippen LogP contribution in [0.5, 0.6) is 11.8 Å². The summed E-state index contributed by atoms with van der Waals surface area (Å²) < 4.78 is 5.57. The molecule has 8 heteroatoms. The second kappa shape index (κ2) is 8.29. The molecule has 2 aromatic heterocycles. The number of hydrogen-bond acceptors (Lipinski definition) is 6. The van der Waals surface area contributed by atoms with Gasteiger partial charge in [-0.15, -0.1) is 0 Å². The number of aromatic nitrogens is 4. The average molecular weight is 390 g/mol. The van der Waals surface area contributed by atoms with E-state index in [9.17, 15) is 0 Å². The molecule has 6 nitrogen and oxygen atoms in total. The molecule has 0 amide bonds. The summed E-state index contributed by atoms with van der Waals surface area (Å²) in [6.07, 6.45) is 3.80. The molecule has 0 fully saturated rings. The fourth-order valence-corrected chi connectivity index (χ4v) is 2.57. The van der Waals surface area contributed by atoms with E-state index in [0.29, 0.717) is 34.0 Å². The van der Waals surface area contributed by atoms with Gasteiger partial charge in [-0.2, -0.15) is 0 Å². The lowest BCUT2D eigenvalue weighted by Crippen LogP contribution is -2.09. The number of benzene rings is 1. The zero-order valence-corrected chi connectivity index (χ0v) is 15.8.